The quantitative estimate of drug-likeness (QED) is 0.774. The molecule has 1 atom stereocenters. The minimum Gasteiger partial charge on any atom is -0.496 e. The molecule has 1 rings (SSSR count). The second-order valence-corrected chi connectivity index (χ2v) is 4.78. The number of ether oxygens (including phenoxy) is 1. The maximum Gasteiger partial charge on any atom is 0.240 e. The van der Waals surface area contributed by atoms with Gasteiger partial charge in [-0.2, -0.15) is 0 Å². The van der Waals surface area contributed by atoms with Gasteiger partial charge in [-0.1, -0.05) is 17.7 Å². The number of nitrogens with zero attached hydrogens (tertiary/aromatic N) is 1. The number of amides is 1. The Balaban J connectivity index is 2.87. The molecule has 1 aromatic rings. The molecule has 94 valence electrons. The number of rotatable bonds is 4. The van der Waals surface area contributed by atoms with E-state index < -0.39 is 5.38 Å². The van der Waals surface area contributed by atoms with Crippen LogP contribution in [-0.2, 0) is 11.3 Å². The number of halogens is 1. The average Bonchev–Trinajstić information content (AvgIpc) is 2.28. The summed E-state index contributed by atoms with van der Waals surface area (Å²) in [6.45, 7) is 4.18. The number of methoxy groups -OCH3 is 1. The highest BCUT2D eigenvalue weighted by Gasteiger charge is 2.16. The normalized spacial score (nSPS) is 12.1. The number of hydrogen-bond acceptors (Lipinski definition) is 2. The van der Waals surface area contributed by atoms with E-state index in [9.17, 15) is 4.79 Å². The Morgan fingerprint density at radius 3 is 2.71 bits per heavy atom. The molecule has 0 saturated carbocycles. The molecular weight excluding hydrogens is 238 g/mol. The third kappa shape index (κ3) is 3.63. The van der Waals surface area contributed by atoms with E-state index in [-0.39, 0.29) is 5.91 Å². The summed E-state index contributed by atoms with van der Waals surface area (Å²) in [6, 6.07) is 5.91. The SMILES string of the molecule is COc1ccc(C)cc1CN(C)C(=O)C(C)Cl. The van der Waals surface area contributed by atoms with Crippen LogP contribution in [0.15, 0.2) is 18.2 Å². The number of carbonyl (C=O) groups excluding carboxylic acids is 1. The van der Waals surface area contributed by atoms with Gasteiger partial charge in [0.05, 0.1) is 7.11 Å². The third-order valence-electron chi connectivity index (χ3n) is 2.56. The molecule has 0 aliphatic heterocycles. The summed E-state index contributed by atoms with van der Waals surface area (Å²) < 4.78 is 5.27. The second kappa shape index (κ2) is 5.92. The van der Waals surface area contributed by atoms with Crippen molar-refractivity contribution in [2.75, 3.05) is 14.2 Å². The summed E-state index contributed by atoms with van der Waals surface area (Å²) >= 11 is 5.77. The van der Waals surface area contributed by atoms with Crippen molar-refractivity contribution in [3.63, 3.8) is 0 Å². The van der Waals surface area contributed by atoms with Crippen molar-refractivity contribution in [2.24, 2.45) is 0 Å². The van der Waals surface area contributed by atoms with Crippen molar-refractivity contribution in [2.45, 2.75) is 25.8 Å². The van der Waals surface area contributed by atoms with Crippen LogP contribution in [0.3, 0.4) is 0 Å². The van der Waals surface area contributed by atoms with Crippen LogP contribution < -0.4 is 4.74 Å². The predicted octanol–water partition coefficient (Wildman–Crippen LogP) is 2.59. The molecule has 0 aromatic heterocycles. The summed E-state index contributed by atoms with van der Waals surface area (Å²) in [5.74, 6) is 0.702. The summed E-state index contributed by atoms with van der Waals surface area (Å²) in [7, 11) is 3.36. The van der Waals surface area contributed by atoms with Crippen LogP contribution in [0.4, 0.5) is 0 Å². The highest BCUT2D eigenvalue weighted by atomic mass is 35.5. The lowest BCUT2D eigenvalue weighted by Crippen LogP contribution is -2.31. The molecule has 0 bridgehead atoms. The van der Waals surface area contributed by atoms with Crippen LogP contribution >= 0.6 is 11.6 Å². The van der Waals surface area contributed by atoms with Gasteiger partial charge in [0.1, 0.15) is 11.1 Å². The van der Waals surface area contributed by atoms with Gasteiger partial charge in [-0.05, 0) is 19.9 Å². The van der Waals surface area contributed by atoms with Crippen LogP contribution in [0.2, 0.25) is 0 Å². The zero-order valence-corrected chi connectivity index (χ0v) is 11.4. The Kier molecular flexibility index (Phi) is 4.82. The molecule has 1 aromatic carbocycles. The first-order valence-corrected chi connectivity index (χ1v) is 5.92. The minimum atomic E-state index is -0.504. The molecule has 0 aliphatic carbocycles. The van der Waals surface area contributed by atoms with E-state index in [1.807, 2.05) is 25.1 Å². The second-order valence-electron chi connectivity index (χ2n) is 4.13. The van der Waals surface area contributed by atoms with Crippen LogP contribution in [0.25, 0.3) is 0 Å². The van der Waals surface area contributed by atoms with E-state index in [1.165, 1.54) is 0 Å². The summed E-state index contributed by atoms with van der Waals surface area (Å²) in [5.41, 5.74) is 2.13. The number of benzene rings is 1. The smallest absolute Gasteiger partial charge is 0.240 e. The van der Waals surface area contributed by atoms with Gasteiger partial charge in [-0.15, -0.1) is 11.6 Å². The summed E-state index contributed by atoms with van der Waals surface area (Å²) in [6.07, 6.45) is 0. The number of hydrogen-bond donors (Lipinski definition) is 0. The standard InChI is InChI=1S/C13H18ClNO2/c1-9-5-6-12(17-4)11(7-9)8-15(3)13(16)10(2)14/h5-7,10H,8H2,1-4H3. The topological polar surface area (TPSA) is 29.5 Å². The van der Waals surface area contributed by atoms with Gasteiger partial charge >= 0.3 is 0 Å². The molecule has 0 aliphatic rings. The van der Waals surface area contributed by atoms with Crippen molar-refractivity contribution in [3.05, 3.63) is 29.3 Å². The Bertz CT molecular complexity index is 404. The Hall–Kier alpha value is -1.22. The molecule has 1 unspecified atom stereocenters. The minimum absolute atomic E-state index is 0.0878. The van der Waals surface area contributed by atoms with Crippen molar-refractivity contribution < 1.29 is 9.53 Å². The average molecular weight is 256 g/mol. The molecule has 1 amide bonds. The fourth-order valence-electron chi connectivity index (χ4n) is 1.67. The lowest BCUT2D eigenvalue weighted by molar-refractivity contribution is -0.129. The molecule has 0 spiro atoms. The third-order valence-corrected chi connectivity index (χ3v) is 2.75. The van der Waals surface area contributed by atoms with Gasteiger partial charge in [0, 0.05) is 19.2 Å². The largest absolute Gasteiger partial charge is 0.496 e. The first-order chi connectivity index (χ1) is 7.95. The molecule has 4 heteroatoms. The predicted molar refractivity (Wildman–Crippen MR) is 69.5 cm³/mol. The molecule has 0 saturated heterocycles. The van der Waals surface area contributed by atoms with Crippen molar-refractivity contribution in [1.82, 2.24) is 4.90 Å². The zero-order chi connectivity index (χ0) is 13.0. The van der Waals surface area contributed by atoms with E-state index in [2.05, 4.69) is 0 Å². The van der Waals surface area contributed by atoms with Gasteiger partial charge < -0.3 is 9.64 Å². The number of carbonyl (C=O) groups is 1. The Morgan fingerprint density at radius 2 is 2.18 bits per heavy atom. The van der Waals surface area contributed by atoms with Crippen LogP contribution in [0.1, 0.15) is 18.1 Å². The molecule has 0 heterocycles. The Labute approximate surface area is 107 Å². The zero-order valence-electron chi connectivity index (χ0n) is 10.7. The lowest BCUT2D eigenvalue weighted by Gasteiger charge is -2.20. The van der Waals surface area contributed by atoms with E-state index in [0.717, 1.165) is 16.9 Å². The molecule has 17 heavy (non-hydrogen) atoms. The molecule has 0 radical (unpaired) electrons. The van der Waals surface area contributed by atoms with Gasteiger partial charge in [-0.25, -0.2) is 0 Å². The molecule has 0 N–H and O–H groups in total. The summed E-state index contributed by atoms with van der Waals surface area (Å²) in [4.78, 5) is 13.3. The van der Waals surface area contributed by atoms with E-state index >= 15 is 0 Å². The lowest BCUT2D eigenvalue weighted by atomic mass is 10.1. The maximum absolute atomic E-state index is 11.7. The first kappa shape index (κ1) is 13.8. The molecule has 3 nitrogen and oxygen atoms in total. The fourth-order valence-corrected chi connectivity index (χ4v) is 1.83. The van der Waals surface area contributed by atoms with Crippen molar-refractivity contribution in [3.8, 4) is 5.75 Å². The van der Waals surface area contributed by atoms with E-state index in [4.69, 9.17) is 16.3 Å². The number of aryl methyl sites for hydroxylation is 1. The van der Waals surface area contributed by atoms with Crippen LogP contribution in [-0.4, -0.2) is 30.3 Å². The number of alkyl halides is 1. The van der Waals surface area contributed by atoms with E-state index in [0.29, 0.717) is 6.54 Å². The highest BCUT2D eigenvalue weighted by Crippen LogP contribution is 2.21. The van der Waals surface area contributed by atoms with Gasteiger partial charge in [-0.3, -0.25) is 4.79 Å². The fraction of sp³-hybridized carbons (Fsp3) is 0.462. The van der Waals surface area contributed by atoms with Gasteiger partial charge in [0.15, 0.2) is 0 Å². The van der Waals surface area contributed by atoms with Gasteiger partial charge in [0.25, 0.3) is 0 Å². The first-order valence-electron chi connectivity index (χ1n) is 5.48. The molecule has 0 fully saturated rings. The molecular formula is C13H18ClNO2. The van der Waals surface area contributed by atoms with Crippen LogP contribution in [0.5, 0.6) is 5.75 Å². The van der Waals surface area contributed by atoms with Crippen molar-refractivity contribution in [1.29, 1.82) is 0 Å². The van der Waals surface area contributed by atoms with E-state index in [1.54, 1.807) is 26.0 Å². The highest BCUT2D eigenvalue weighted by molar-refractivity contribution is 6.30. The van der Waals surface area contributed by atoms with Crippen LogP contribution in [0, 0.1) is 6.92 Å². The maximum atomic E-state index is 11.7. The summed E-state index contributed by atoms with van der Waals surface area (Å²) in [5, 5.41) is -0.504. The Morgan fingerprint density at radius 1 is 1.53 bits per heavy atom. The van der Waals surface area contributed by atoms with Gasteiger partial charge in [0.2, 0.25) is 5.91 Å². The monoisotopic (exact) mass is 255 g/mol. The van der Waals surface area contributed by atoms with Crippen molar-refractivity contribution >= 4 is 17.5 Å².